The van der Waals surface area contributed by atoms with Crippen LogP contribution in [0.1, 0.15) is 59.9 Å². The number of aromatic nitrogens is 2. The predicted octanol–water partition coefficient (Wildman–Crippen LogP) is 7.46. The topological polar surface area (TPSA) is 129 Å². The molecule has 11 nitrogen and oxygen atoms in total. The van der Waals surface area contributed by atoms with Crippen LogP contribution >= 0.6 is 7.82 Å². The lowest BCUT2D eigenvalue weighted by Gasteiger charge is -2.34. The molecule has 1 aliphatic carbocycles. The molecule has 0 bridgehead atoms. The second-order valence-corrected chi connectivity index (χ2v) is 18.7. The van der Waals surface area contributed by atoms with E-state index in [-0.39, 0.29) is 18.0 Å². The van der Waals surface area contributed by atoms with E-state index in [4.69, 9.17) is 23.0 Å². The van der Waals surface area contributed by atoms with Gasteiger partial charge in [0.2, 0.25) is 0 Å². The molecule has 49 heavy (non-hydrogen) atoms. The molecule has 0 radical (unpaired) electrons. The molecule has 1 saturated heterocycles. The van der Waals surface area contributed by atoms with E-state index in [9.17, 15) is 13.0 Å². The number of aryl methyl sites for hydroxylation is 1. The molecule has 2 aromatic carbocycles. The minimum Gasteiger partial charge on any atom is -0.489 e. The van der Waals surface area contributed by atoms with Gasteiger partial charge in [-0.2, -0.15) is 0 Å². The van der Waals surface area contributed by atoms with E-state index in [1.54, 1.807) is 12.1 Å². The van der Waals surface area contributed by atoms with Crippen molar-refractivity contribution < 1.29 is 36.0 Å². The summed E-state index contributed by atoms with van der Waals surface area (Å²) in [6.45, 7) is 15.7. The monoisotopic (exact) mass is 713 g/mol. The van der Waals surface area contributed by atoms with Gasteiger partial charge in [0.15, 0.2) is 9.84 Å². The SMILES string of the molecule is Cc1cnc2[nH]c3c(OC[C@H]4CN(CCOP(=O)(OC(C)(C)C)OC(C)(C)C)CCO4)ccc(-c4cccc(S(=O)(=O)C5CC5)c4)c3c2c1. The normalized spacial score (nSPS) is 18.4. The van der Waals surface area contributed by atoms with Crippen molar-refractivity contribution in [2.75, 3.05) is 39.5 Å². The maximum absolute atomic E-state index is 13.4. The summed E-state index contributed by atoms with van der Waals surface area (Å²) in [5.74, 6) is 0.653. The van der Waals surface area contributed by atoms with Crippen LogP contribution in [0.4, 0.5) is 0 Å². The fraction of sp³-hybridized carbons (Fsp3) is 0.528. The first-order chi connectivity index (χ1) is 23.0. The Morgan fingerprint density at radius 2 is 1.78 bits per heavy atom. The van der Waals surface area contributed by atoms with E-state index in [1.165, 1.54) is 0 Å². The third kappa shape index (κ3) is 8.73. The second-order valence-electron chi connectivity index (χ2n) is 15.0. The number of nitrogens with one attached hydrogen (secondary N) is 1. The van der Waals surface area contributed by atoms with Crippen molar-refractivity contribution in [1.82, 2.24) is 14.9 Å². The first-order valence-electron chi connectivity index (χ1n) is 16.9. The Bertz CT molecular complexity index is 1960. The van der Waals surface area contributed by atoms with Crippen LogP contribution in [-0.4, -0.2) is 85.3 Å². The summed E-state index contributed by atoms with van der Waals surface area (Å²) in [5.41, 5.74) is 2.84. The van der Waals surface area contributed by atoms with E-state index in [0.29, 0.717) is 56.3 Å². The van der Waals surface area contributed by atoms with Crippen LogP contribution in [0, 0.1) is 6.92 Å². The zero-order valence-electron chi connectivity index (χ0n) is 29.4. The lowest BCUT2D eigenvalue weighted by atomic mass is 9.99. The maximum Gasteiger partial charge on any atom is 0.475 e. The highest BCUT2D eigenvalue weighted by molar-refractivity contribution is 7.92. The molecule has 13 heteroatoms. The van der Waals surface area contributed by atoms with Gasteiger partial charge in [-0.05, 0) is 108 Å². The number of benzene rings is 2. The van der Waals surface area contributed by atoms with Gasteiger partial charge in [0.1, 0.15) is 24.1 Å². The number of fused-ring (bicyclic) bond motifs is 3. The summed E-state index contributed by atoms with van der Waals surface area (Å²) in [5, 5.41) is 1.58. The molecule has 1 atom stereocenters. The number of phosphoric acid groups is 1. The summed E-state index contributed by atoms with van der Waals surface area (Å²) >= 11 is 0. The molecule has 0 amide bonds. The van der Waals surface area contributed by atoms with Crippen LogP contribution < -0.4 is 4.74 Å². The number of H-pyrrole nitrogens is 1. The number of aromatic amines is 1. The zero-order valence-corrected chi connectivity index (χ0v) is 31.2. The zero-order chi connectivity index (χ0) is 35.2. The van der Waals surface area contributed by atoms with Crippen molar-refractivity contribution in [3.05, 3.63) is 54.2 Å². The molecule has 3 heterocycles. The number of phosphoric ester groups is 1. The van der Waals surface area contributed by atoms with Gasteiger partial charge in [-0.1, -0.05) is 12.1 Å². The van der Waals surface area contributed by atoms with Crippen molar-refractivity contribution in [3.8, 4) is 16.9 Å². The van der Waals surface area contributed by atoms with Gasteiger partial charge in [-0.25, -0.2) is 18.0 Å². The van der Waals surface area contributed by atoms with Crippen molar-refractivity contribution >= 4 is 39.6 Å². The lowest BCUT2D eigenvalue weighted by molar-refractivity contribution is -0.0528. The Kier molecular flexibility index (Phi) is 10.1. The minimum atomic E-state index is -3.80. The number of pyridine rings is 1. The first kappa shape index (κ1) is 36.0. The summed E-state index contributed by atoms with van der Waals surface area (Å²) in [6, 6.07) is 13.2. The van der Waals surface area contributed by atoms with Gasteiger partial charge in [0.25, 0.3) is 0 Å². The number of nitrogens with zero attached hydrogens (tertiary/aromatic N) is 2. The predicted molar refractivity (Wildman–Crippen MR) is 191 cm³/mol. The average Bonchev–Trinajstić information content (AvgIpc) is 3.80. The molecule has 0 spiro atoms. The smallest absolute Gasteiger partial charge is 0.475 e. The van der Waals surface area contributed by atoms with Crippen molar-refractivity contribution in [1.29, 1.82) is 0 Å². The van der Waals surface area contributed by atoms with Crippen LogP contribution in [0.15, 0.2) is 53.6 Å². The minimum absolute atomic E-state index is 0.170. The Balaban J connectivity index is 1.18. The highest BCUT2D eigenvalue weighted by atomic mass is 32.2. The molecular formula is C36H48N3O8PS. The molecule has 0 unspecified atom stereocenters. The largest absolute Gasteiger partial charge is 0.489 e. The third-order valence-electron chi connectivity index (χ3n) is 8.22. The number of hydrogen-bond donors (Lipinski definition) is 1. The molecule has 1 N–H and O–H groups in total. The molecule has 4 aromatic rings. The molecule has 2 fully saturated rings. The summed E-state index contributed by atoms with van der Waals surface area (Å²) in [7, 11) is -7.14. The van der Waals surface area contributed by atoms with Crippen LogP contribution in [-0.2, 0) is 32.7 Å². The van der Waals surface area contributed by atoms with E-state index >= 15 is 0 Å². The highest BCUT2D eigenvalue weighted by Gasteiger charge is 2.38. The Morgan fingerprint density at radius 1 is 1.04 bits per heavy atom. The van der Waals surface area contributed by atoms with Crippen LogP contribution in [0.5, 0.6) is 5.75 Å². The lowest BCUT2D eigenvalue weighted by Crippen LogP contribution is -2.46. The summed E-state index contributed by atoms with van der Waals surface area (Å²) < 4.78 is 69.4. The Morgan fingerprint density at radius 3 is 2.47 bits per heavy atom. The Hall–Kier alpha value is -2.83. The Labute approximate surface area is 289 Å². The molecule has 2 aliphatic rings. The molecule has 266 valence electrons. The van der Waals surface area contributed by atoms with Gasteiger partial charge in [0, 0.05) is 36.6 Å². The average molecular weight is 714 g/mol. The quantitative estimate of drug-likeness (QED) is 0.148. The van der Waals surface area contributed by atoms with Crippen LogP contribution in [0.2, 0.25) is 0 Å². The molecule has 1 aliphatic heterocycles. The van der Waals surface area contributed by atoms with Gasteiger partial charge >= 0.3 is 7.82 Å². The maximum atomic E-state index is 13.4. The van der Waals surface area contributed by atoms with Gasteiger partial charge in [-0.3, -0.25) is 18.5 Å². The fourth-order valence-corrected chi connectivity index (χ4v) is 9.52. The molecule has 1 saturated carbocycles. The van der Waals surface area contributed by atoms with Gasteiger partial charge in [-0.15, -0.1) is 0 Å². The van der Waals surface area contributed by atoms with Crippen LogP contribution in [0.3, 0.4) is 0 Å². The number of ether oxygens (including phenoxy) is 2. The standard InChI is InChI=1S/C36H48N3O8PS/c1-24-19-30-32-29(25-9-8-10-28(20-25)49(41,42)27-11-12-27)13-14-31(33(32)38-34(30)37-21-24)44-23-26-22-39(15-17-43-26)16-18-45-48(40,46-35(2,3)4)47-36(5,6)7/h8-10,13-14,19-21,26-27H,11-12,15-18,22-23H2,1-7H3,(H,37,38)/t26-/m1/s1. The number of hydrogen-bond acceptors (Lipinski definition) is 10. The third-order valence-corrected chi connectivity index (χ3v) is 12.5. The fourth-order valence-electron chi connectivity index (χ4n) is 6.03. The molecule has 2 aromatic heterocycles. The van der Waals surface area contributed by atoms with E-state index < -0.39 is 28.9 Å². The molecule has 6 rings (SSSR count). The van der Waals surface area contributed by atoms with Crippen molar-refractivity contribution in [2.24, 2.45) is 0 Å². The van der Waals surface area contributed by atoms with Crippen molar-refractivity contribution in [2.45, 2.75) is 88.8 Å². The van der Waals surface area contributed by atoms with Gasteiger partial charge in [0.05, 0.1) is 40.1 Å². The van der Waals surface area contributed by atoms with Gasteiger partial charge < -0.3 is 14.5 Å². The van der Waals surface area contributed by atoms with Crippen molar-refractivity contribution in [3.63, 3.8) is 0 Å². The highest BCUT2D eigenvalue weighted by Crippen LogP contribution is 2.55. The van der Waals surface area contributed by atoms with E-state index in [0.717, 1.165) is 38.6 Å². The summed E-state index contributed by atoms with van der Waals surface area (Å²) in [4.78, 5) is 10.6. The van der Waals surface area contributed by atoms with Crippen LogP contribution in [0.25, 0.3) is 33.1 Å². The van der Waals surface area contributed by atoms with E-state index in [2.05, 4.69) is 20.9 Å². The number of rotatable bonds is 12. The van der Waals surface area contributed by atoms with E-state index in [1.807, 2.05) is 78.9 Å². The second kappa shape index (κ2) is 13.7. The first-order valence-corrected chi connectivity index (χ1v) is 19.9. The summed E-state index contributed by atoms with van der Waals surface area (Å²) in [6.07, 6.45) is 3.04. The number of morpholine rings is 1. The molecular weight excluding hydrogens is 665 g/mol. The number of sulfone groups is 1.